The van der Waals surface area contributed by atoms with E-state index in [2.05, 4.69) is 72.3 Å². The van der Waals surface area contributed by atoms with E-state index < -0.39 is 0 Å². The Balaban J connectivity index is 1.68. The van der Waals surface area contributed by atoms with Crippen LogP contribution in [0.1, 0.15) is 37.2 Å². The standard InChI is InChI=1S/C21H24N2/c1-16(2)8-9-17-10-12-19(13-11-17)20-15-22-21(23-20)14-18-6-4-3-5-7-18/h3-7,10-13,15-16H,8-9,14H2,1-2H3,(H,22,23). The quantitative estimate of drug-likeness (QED) is 0.661. The largest absolute Gasteiger partial charge is 0.342 e. The second-order valence-corrected chi connectivity index (χ2v) is 6.54. The fourth-order valence-corrected chi connectivity index (χ4v) is 2.69. The van der Waals surface area contributed by atoms with Gasteiger partial charge in [-0.05, 0) is 35.4 Å². The summed E-state index contributed by atoms with van der Waals surface area (Å²) in [5.41, 5.74) is 4.97. The minimum absolute atomic E-state index is 0.753. The van der Waals surface area contributed by atoms with E-state index in [9.17, 15) is 0 Å². The molecule has 2 aromatic carbocycles. The Morgan fingerprint density at radius 1 is 0.913 bits per heavy atom. The van der Waals surface area contributed by atoms with Crippen molar-refractivity contribution in [2.24, 2.45) is 5.92 Å². The minimum atomic E-state index is 0.753. The second kappa shape index (κ2) is 7.28. The Bertz CT molecular complexity index is 724. The third-order valence-corrected chi connectivity index (χ3v) is 4.12. The van der Waals surface area contributed by atoms with E-state index in [4.69, 9.17) is 0 Å². The molecule has 0 aliphatic carbocycles. The van der Waals surface area contributed by atoms with E-state index in [0.717, 1.165) is 30.3 Å². The van der Waals surface area contributed by atoms with Crippen molar-refractivity contribution in [3.63, 3.8) is 0 Å². The summed E-state index contributed by atoms with van der Waals surface area (Å²) in [5.74, 6) is 1.76. The maximum atomic E-state index is 4.51. The molecule has 0 atom stereocenters. The normalized spacial score (nSPS) is 11.1. The molecule has 2 nitrogen and oxygen atoms in total. The van der Waals surface area contributed by atoms with E-state index in [1.54, 1.807) is 0 Å². The second-order valence-electron chi connectivity index (χ2n) is 6.54. The molecule has 0 spiro atoms. The van der Waals surface area contributed by atoms with E-state index in [1.807, 2.05) is 12.3 Å². The molecule has 0 unspecified atom stereocenters. The molecule has 0 aliphatic heterocycles. The van der Waals surface area contributed by atoms with Gasteiger partial charge in [-0.15, -0.1) is 0 Å². The highest BCUT2D eigenvalue weighted by molar-refractivity contribution is 5.58. The van der Waals surface area contributed by atoms with Gasteiger partial charge in [0.05, 0.1) is 11.9 Å². The van der Waals surface area contributed by atoms with E-state index >= 15 is 0 Å². The molecule has 1 heterocycles. The zero-order valence-electron chi connectivity index (χ0n) is 13.9. The van der Waals surface area contributed by atoms with Gasteiger partial charge in [0.25, 0.3) is 0 Å². The maximum Gasteiger partial charge on any atom is 0.110 e. The number of hydrogen-bond acceptors (Lipinski definition) is 1. The maximum absolute atomic E-state index is 4.51. The predicted octanol–water partition coefficient (Wildman–Crippen LogP) is 5.26. The molecule has 2 heteroatoms. The van der Waals surface area contributed by atoms with Crippen LogP contribution in [0.25, 0.3) is 11.3 Å². The summed E-state index contributed by atoms with van der Waals surface area (Å²) >= 11 is 0. The summed E-state index contributed by atoms with van der Waals surface area (Å²) < 4.78 is 0. The topological polar surface area (TPSA) is 28.7 Å². The number of aromatic amines is 1. The van der Waals surface area contributed by atoms with Crippen molar-refractivity contribution in [1.82, 2.24) is 9.97 Å². The van der Waals surface area contributed by atoms with Crippen molar-refractivity contribution >= 4 is 0 Å². The van der Waals surface area contributed by atoms with Crippen LogP contribution >= 0.6 is 0 Å². The molecule has 118 valence electrons. The Labute approximate surface area is 138 Å². The summed E-state index contributed by atoms with van der Waals surface area (Å²) in [4.78, 5) is 7.95. The van der Waals surface area contributed by atoms with Crippen LogP contribution < -0.4 is 0 Å². The molecular weight excluding hydrogens is 280 g/mol. The summed E-state index contributed by atoms with van der Waals surface area (Å²) in [6, 6.07) is 19.3. The van der Waals surface area contributed by atoms with Crippen molar-refractivity contribution in [2.75, 3.05) is 0 Å². The molecular formula is C21H24N2. The Hall–Kier alpha value is -2.35. The first-order valence-corrected chi connectivity index (χ1v) is 8.38. The molecule has 0 radical (unpaired) electrons. The zero-order valence-corrected chi connectivity index (χ0v) is 13.9. The average Bonchev–Trinajstić information content (AvgIpc) is 3.03. The highest BCUT2D eigenvalue weighted by atomic mass is 14.9. The van der Waals surface area contributed by atoms with Crippen molar-refractivity contribution in [3.8, 4) is 11.3 Å². The van der Waals surface area contributed by atoms with Gasteiger partial charge in [-0.2, -0.15) is 0 Å². The lowest BCUT2D eigenvalue weighted by molar-refractivity contribution is 0.587. The molecule has 0 saturated carbocycles. The average molecular weight is 304 g/mol. The van der Waals surface area contributed by atoms with Crippen LogP contribution in [0, 0.1) is 5.92 Å². The van der Waals surface area contributed by atoms with Crippen LogP contribution in [0.5, 0.6) is 0 Å². The van der Waals surface area contributed by atoms with E-state index in [0.29, 0.717) is 0 Å². The minimum Gasteiger partial charge on any atom is -0.342 e. The van der Waals surface area contributed by atoms with E-state index in [-0.39, 0.29) is 0 Å². The fourth-order valence-electron chi connectivity index (χ4n) is 2.69. The number of hydrogen-bond donors (Lipinski definition) is 1. The first kappa shape index (κ1) is 15.5. The van der Waals surface area contributed by atoms with Gasteiger partial charge >= 0.3 is 0 Å². The lowest BCUT2D eigenvalue weighted by Gasteiger charge is -2.05. The van der Waals surface area contributed by atoms with Crippen LogP contribution in [-0.2, 0) is 12.8 Å². The molecule has 3 rings (SSSR count). The number of nitrogens with one attached hydrogen (secondary N) is 1. The molecule has 23 heavy (non-hydrogen) atoms. The van der Waals surface area contributed by atoms with Crippen molar-refractivity contribution in [2.45, 2.75) is 33.1 Å². The molecule has 0 amide bonds. The third kappa shape index (κ3) is 4.32. The monoisotopic (exact) mass is 304 g/mol. The summed E-state index contributed by atoms with van der Waals surface area (Å²) in [5, 5.41) is 0. The number of rotatable bonds is 6. The van der Waals surface area contributed by atoms with Gasteiger partial charge < -0.3 is 4.98 Å². The van der Waals surface area contributed by atoms with Gasteiger partial charge in [0, 0.05) is 6.42 Å². The smallest absolute Gasteiger partial charge is 0.110 e. The van der Waals surface area contributed by atoms with Crippen LogP contribution in [0.4, 0.5) is 0 Å². The van der Waals surface area contributed by atoms with Gasteiger partial charge in [0.2, 0.25) is 0 Å². The number of aryl methyl sites for hydroxylation is 1. The van der Waals surface area contributed by atoms with E-state index in [1.165, 1.54) is 23.1 Å². The van der Waals surface area contributed by atoms with Gasteiger partial charge in [-0.1, -0.05) is 68.4 Å². The molecule has 1 aromatic heterocycles. The van der Waals surface area contributed by atoms with Gasteiger partial charge in [0.15, 0.2) is 0 Å². The zero-order chi connectivity index (χ0) is 16.1. The highest BCUT2D eigenvalue weighted by Crippen LogP contribution is 2.20. The Morgan fingerprint density at radius 3 is 2.35 bits per heavy atom. The molecule has 3 aromatic rings. The summed E-state index contributed by atoms with van der Waals surface area (Å²) in [6.45, 7) is 4.54. The molecule has 0 saturated heterocycles. The van der Waals surface area contributed by atoms with Crippen molar-refractivity contribution < 1.29 is 0 Å². The number of nitrogens with zero attached hydrogens (tertiary/aromatic N) is 1. The van der Waals surface area contributed by atoms with Gasteiger partial charge in [0.1, 0.15) is 5.82 Å². The van der Waals surface area contributed by atoms with Crippen LogP contribution in [0.3, 0.4) is 0 Å². The summed E-state index contributed by atoms with van der Waals surface area (Å²) in [7, 11) is 0. The van der Waals surface area contributed by atoms with Crippen molar-refractivity contribution in [1.29, 1.82) is 0 Å². The number of imidazole rings is 1. The summed E-state index contributed by atoms with van der Waals surface area (Å²) in [6.07, 6.45) is 5.17. The lowest BCUT2D eigenvalue weighted by Crippen LogP contribution is -1.92. The van der Waals surface area contributed by atoms with Crippen LogP contribution in [0.15, 0.2) is 60.8 Å². The molecule has 0 fully saturated rings. The number of H-pyrrole nitrogens is 1. The highest BCUT2D eigenvalue weighted by Gasteiger charge is 2.05. The van der Waals surface area contributed by atoms with Crippen molar-refractivity contribution in [3.05, 3.63) is 77.7 Å². The number of benzene rings is 2. The third-order valence-electron chi connectivity index (χ3n) is 4.12. The first-order chi connectivity index (χ1) is 11.2. The van der Waals surface area contributed by atoms with Gasteiger partial charge in [-0.3, -0.25) is 0 Å². The molecule has 1 N–H and O–H groups in total. The fraction of sp³-hybridized carbons (Fsp3) is 0.286. The van der Waals surface area contributed by atoms with Crippen LogP contribution in [0.2, 0.25) is 0 Å². The predicted molar refractivity (Wildman–Crippen MR) is 96.4 cm³/mol. The molecule has 0 aliphatic rings. The Kier molecular flexibility index (Phi) is 4.92. The van der Waals surface area contributed by atoms with Gasteiger partial charge in [-0.25, -0.2) is 4.98 Å². The SMILES string of the molecule is CC(C)CCc1ccc(-c2cnc(Cc3ccccc3)[nH]2)cc1. The first-order valence-electron chi connectivity index (χ1n) is 8.38. The lowest BCUT2D eigenvalue weighted by atomic mass is 10.0. The Morgan fingerprint density at radius 2 is 1.65 bits per heavy atom. The molecule has 0 bridgehead atoms. The van der Waals surface area contributed by atoms with Crippen LogP contribution in [-0.4, -0.2) is 9.97 Å². The number of aromatic nitrogens is 2.